The molecule has 4 aromatic rings. The third-order valence-corrected chi connectivity index (χ3v) is 9.57. The zero-order chi connectivity index (χ0) is 28.4. The number of amides is 1. The second-order valence-electron chi connectivity index (χ2n) is 9.63. The van der Waals surface area contributed by atoms with E-state index in [9.17, 15) is 9.59 Å². The van der Waals surface area contributed by atoms with Gasteiger partial charge < -0.3 is 14.5 Å². The highest BCUT2D eigenvalue weighted by Gasteiger charge is 2.30. The molecule has 10 nitrogen and oxygen atoms in total. The molecule has 0 bridgehead atoms. The van der Waals surface area contributed by atoms with E-state index < -0.39 is 0 Å². The van der Waals surface area contributed by atoms with Crippen molar-refractivity contribution >= 4 is 51.6 Å². The molecule has 0 radical (unpaired) electrons. The first-order chi connectivity index (χ1) is 19.3. The molecule has 0 saturated heterocycles. The number of anilines is 1. The van der Waals surface area contributed by atoms with Crippen molar-refractivity contribution in [2.24, 2.45) is 13.0 Å². The number of rotatable bonds is 10. The summed E-state index contributed by atoms with van der Waals surface area (Å²) in [6.07, 6.45) is 5.46. The summed E-state index contributed by atoms with van der Waals surface area (Å²) in [6, 6.07) is 3.67. The molecule has 1 N–H and O–H groups in total. The van der Waals surface area contributed by atoms with Gasteiger partial charge >= 0.3 is 5.97 Å². The Morgan fingerprint density at radius 1 is 1.32 bits per heavy atom. The monoisotopic (exact) mass is 602 g/mol. The number of aryl methyl sites for hydroxylation is 2. The van der Waals surface area contributed by atoms with Crippen LogP contribution in [0.1, 0.15) is 58.9 Å². The van der Waals surface area contributed by atoms with Crippen LogP contribution < -0.4 is 5.32 Å². The number of halogens is 1. The first kappa shape index (κ1) is 28.4. The maximum absolute atomic E-state index is 13.2. The molecule has 13 heteroatoms. The summed E-state index contributed by atoms with van der Waals surface area (Å²) < 4.78 is 14.4. The number of aromatic nitrogens is 5. The summed E-state index contributed by atoms with van der Waals surface area (Å²) in [5.74, 6) is 1.25. The summed E-state index contributed by atoms with van der Waals surface area (Å²) in [7, 11) is 1.80. The van der Waals surface area contributed by atoms with Crippen LogP contribution in [0.15, 0.2) is 28.0 Å². The van der Waals surface area contributed by atoms with Crippen molar-refractivity contribution in [3.05, 3.63) is 50.9 Å². The minimum absolute atomic E-state index is 0.0663. The van der Waals surface area contributed by atoms with Gasteiger partial charge in [-0.2, -0.15) is 5.10 Å². The molecule has 0 spiro atoms. The smallest absolute Gasteiger partial charge is 0.341 e. The van der Waals surface area contributed by atoms with Crippen LogP contribution in [0.2, 0.25) is 5.02 Å². The van der Waals surface area contributed by atoms with Crippen LogP contribution in [-0.4, -0.2) is 48.8 Å². The molecule has 212 valence electrons. The quantitative estimate of drug-likeness (QED) is 0.180. The maximum atomic E-state index is 13.2. The fourth-order valence-corrected chi connectivity index (χ4v) is 7.30. The summed E-state index contributed by atoms with van der Waals surface area (Å²) in [5.41, 5.74) is 2.83. The van der Waals surface area contributed by atoms with Gasteiger partial charge in [0, 0.05) is 11.9 Å². The number of esters is 1. The van der Waals surface area contributed by atoms with Crippen molar-refractivity contribution in [3.8, 4) is 11.5 Å². The van der Waals surface area contributed by atoms with E-state index in [2.05, 4.69) is 27.5 Å². The van der Waals surface area contributed by atoms with Gasteiger partial charge in [-0.25, -0.2) is 4.79 Å². The second-order valence-corrected chi connectivity index (χ2v) is 12.1. The highest BCUT2D eigenvalue weighted by atomic mass is 35.5. The molecule has 40 heavy (non-hydrogen) atoms. The molecule has 0 aliphatic heterocycles. The number of nitrogens with one attached hydrogen (secondary N) is 1. The van der Waals surface area contributed by atoms with E-state index >= 15 is 0 Å². The van der Waals surface area contributed by atoms with E-state index in [0.717, 1.165) is 36.1 Å². The average Bonchev–Trinajstić information content (AvgIpc) is 3.70. The normalized spacial score (nSPS) is 14.8. The lowest BCUT2D eigenvalue weighted by Gasteiger charge is -2.20. The predicted octanol–water partition coefficient (Wildman–Crippen LogP) is 5.77. The first-order valence-corrected chi connectivity index (χ1v) is 15.4. The molecule has 1 amide bonds. The molecule has 1 aliphatic carbocycles. The van der Waals surface area contributed by atoms with Gasteiger partial charge in [0.25, 0.3) is 0 Å². The molecule has 4 heterocycles. The van der Waals surface area contributed by atoms with E-state index in [1.807, 2.05) is 23.6 Å². The van der Waals surface area contributed by atoms with Crippen LogP contribution >= 0.6 is 34.7 Å². The van der Waals surface area contributed by atoms with Crippen LogP contribution in [0.4, 0.5) is 5.00 Å². The Morgan fingerprint density at radius 2 is 2.15 bits per heavy atom. The number of thiophene rings is 1. The van der Waals surface area contributed by atoms with Crippen molar-refractivity contribution < 1.29 is 18.7 Å². The van der Waals surface area contributed by atoms with E-state index in [-0.39, 0.29) is 24.2 Å². The summed E-state index contributed by atoms with van der Waals surface area (Å²) in [6.45, 7) is 6.43. The van der Waals surface area contributed by atoms with E-state index in [0.29, 0.717) is 56.2 Å². The SMILES string of the molecule is CCOC(=O)c1c(NC(=O)CSc2nnc(-c3c(Cl)c(C)nn3C)n2Cc2ccco2)sc2c1CC[C@@H](CC)C2. The predicted molar refractivity (Wildman–Crippen MR) is 155 cm³/mol. The van der Waals surface area contributed by atoms with Gasteiger partial charge in [0.1, 0.15) is 16.5 Å². The van der Waals surface area contributed by atoms with Gasteiger partial charge in [0.05, 0.1) is 41.4 Å². The lowest BCUT2D eigenvalue weighted by atomic mass is 9.85. The third kappa shape index (κ3) is 5.70. The molecular weight excluding hydrogens is 572 g/mol. The number of nitrogens with zero attached hydrogens (tertiary/aromatic N) is 5. The van der Waals surface area contributed by atoms with Gasteiger partial charge in [0.2, 0.25) is 5.91 Å². The van der Waals surface area contributed by atoms with Gasteiger partial charge in [-0.15, -0.1) is 21.5 Å². The van der Waals surface area contributed by atoms with Crippen molar-refractivity contribution in [2.45, 2.75) is 58.2 Å². The number of carbonyl (C=O) groups is 2. The van der Waals surface area contributed by atoms with E-state index in [4.69, 9.17) is 20.8 Å². The number of thioether (sulfide) groups is 1. The topological polar surface area (TPSA) is 117 Å². The average molecular weight is 603 g/mol. The third-order valence-electron chi connectivity index (χ3n) is 6.98. The summed E-state index contributed by atoms with van der Waals surface area (Å²) in [5, 5.41) is 17.7. The second kappa shape index (κ2) is 12.2. The summed E-state index contributed by atoms with van der Waals surface area (Å²) >= 11 is 9.29. The Labute approximate surface area is 245 Å². The number of fused-ring (bicyclic) bond motifs is 1. The number of ether oxygens (including phenoxy) is 1. The van der Waals surface area contributed by atoms with Crippen LogP contribution in [0.5, 0.6) is 0 Å². The van der Waals surface area contributed by atoms with Gasteiger partial charge in [-0.3, -0.25) is 14.0 Å². The van der Waals surface area contributed by atoms with E-state index in [1.54, 1.807) is 24.9 Å². The minimum atomic E-state index is -0.385. The number of carbonyl (C=O) groups excluding carboxylic acids is 2. The zero-order valence-corrected chi connectivity index (χ0v) is 25.2. The molecule has 0 unspecified atom stereocenters. The Kier molecular flexibility index (Phi) is 8.67. The molecule has 4 aromatic heterocycles. The maximum Gasteiger partial charge on any atom is 0.341 e. The Bertz CT molecular complexity index is 1520. The molecule has 5 rings (SSSR count). The molecule has 1 atom stereocenters. The van der Waals surface area contributed by atoms with Gasteiger partial charge in [0.15, 0.2) is 11.0 Å². The summed E-state index contributed by atoms with van der Waals surface area (Å²) in [4.78, 5) is 27.2. The fourth-order valence-electron chi connectivity index (χ4n) is 4.95. The Morgan fingerprint density at radius 3 is 2.83 bits per heavy atom. The van der Waals surface area contributed by atoms with Crippen molar-refractivity contribution in [1.29, 1.82) is 0 Å². The van der Waals surface area contributed by atoms with Gasteiger partial charge in [-0.1, -0.05) is 36.7 Å². The van der Waals surface area contributed by atoms with Crippen LogP contribution in [0.3, 0.4) is 0 Å². The van der Waals surface area contributed by atoms with Gasteiger partial charge in [-0.05, 0) is 56.7 Å². The Hall–Kier alpha value is -3.09. The molecular formula is C27H31ClN6O4S2. The highest BCUT2D eigenvalue weighted by molar-refractivity contribution is 7.99. The number of furan rings is 1. The van der Waals surface area contributed by atoms with Crippen LogP contribution in [0, 0.1) is 12.8 Å². The lowest BCUT2D eigenvalue weighted by molar-refractivity contribution is -0.113. The highest BCUT2D eigenvalue weighted by Crippen LogP contribution is 2.41. The first-order valence-electron chi connectivity index (χ1n) is 13.2. The van der Waals surface area contributed by atoms with E-state index in [1.165, 1.54) is 23.1 Å². The molecule has 0 fully saturated rings. The molecule has 0 aromatic carbocycles. The number of hydrogen-bond donors (Lipinski definition) is 1. The zero-order valence-electron chi connectivity index (χ0n) is 22.8. The molecule has 0 saturated carbocycles. The largest absolute Gasteiger partial charge is 0.467 e. The fraction of sp³-hybridized carbons (Fsp3) is 0.444. The van der Waals surface area contributed by atoms with Crippen molar-refractivity contribution in [2.75, 3.05) is 17.7 Å². The molecule has 1 aliphatic rings. The van der Waals surface area contributed by atoms with Crippen molar-refractivity contribution in [3.63, 3.8) is 0 Å². The standard InChI is InChI=1S/C27H31ClN6O4S2/c1-5-16-9-10-18-19(12-16)40-25(21(18)26(36)37-6-2)29-20(35)14-39-27-31-30-24(23-22(28)15(3)32-33(23)4)34(27)13-17-8-7-11-38-17/h7-8,11,16H,5-6,9-10,12-14H2,1-4H3,(H,29,35)/t16-/m1/s1. The lowest BCUT2D eigenvalue weighted by Crippen LogP contribution is -2.18. The van der Waals surface area contributed by atoms with Crippen molar-refractivity contribution in [1.82, 2.24) is 24.5 Å². The minimum Gasteiger partial charge on any atom is -0.467 e. The van der Waals surface area contributed by atoms with Crippen LogP contribution in [0.25, 0.3) is 11.5 Å². The van der Waals surface area contributed by atoms with Crippen LogP contribution in [-0.2, 0) is 36.0 Å². The number of hydrogen-bond acceptors (Lipinski definition) is 9. The Balaban J connectivity index is 1.38.